The number of rotatable bonds is 5. The van der Waals surface area contributed by atoms with Crippen LogP contribution in [0.15, 0.2) is 54.9 Å². The summed E-state index contributed by atoms with van der Waals surface area (Å²) in [6.45, 7) is 1.96. The minimum atomic E-state index is 0.664. The van der Waals surface area contributed by atoms with E-state index >= 15 is 0 Å². The van der Waals surface area contributed by atoms with Gasteiger partial charge in [0, 0.05) is 16.8 Å². The molecule has 0 fully saturated rings. The van der Waals surface area contributed by atoms with Crippen LogP contribution in [0, 0.1) is 6.92 Å². The highest BCUT2D eigenvalue weighted by molar-refractivity contribution is 6.31. The van der Waals surface area contributed by atoms with Crippen LogP contribution in [-0.4, -0.2) is 17.1 Å². The van der Waals surface area contributed by atoms with Gasteiger partial charge in [-0.05, 0) is 36.8 Å². The van der Waals surface area contributed by atoms with Crippen molar-refractivity contribution in [3.05, 3.63) is 65.4 Å². The van der Waals surface area contributed by atoms with E-state index in [1.165, 1.54) is 6.33 Å². The summed E-state index contributed by atoms with van der Waals surface area (Å²) in [6, 6.07) is 15.2. The first-order valence-electron chi connectivity index (χ1n) is 7.41. The molecule has 2 aromatic carbocycles. The predicted molar refractivity (Wildman–Crippen MR) is 97.8 cm³/mol. The molecule has 1 heterocycles. The second-order valence-electron chi connectivity index (χ2n) is 5.15. The van der Waals surface area contributed by atoms with Gasteiger partial charge < -0.3 is 15.4 Å². The molecule has 3 rings (SSSR count). The molecule has 0 aliphatic rings. The van der Waals surface area contributed by atoms with Crippen LogP contribution < -0.4 is 15.4 Å². The number of halogens is 1. The van der Waals surface area contributed by atoms with E-state index in [4.69, 9.17) is 16.3 Å². The lowest BCUT2D eigenvalue weighted by Gasteiger charge is -2.12. The minimum Gasteiger partial charge on any atom is -0.495 e. The maximum absolute atomic E-state index is 6.15. The van der Waals surface area contributed by atoms with Crippen LogP contribution in [0.2, 0.25) is 5.02 Å². The number of aromatic nitrogens is 2. The molecule has 0 radical (unpaired) electrons. The van der Waals surface area contributed by atoms with E-state index in [1.807, 2.05) is 55.5 Å². The predicted octanol–water partition coefficient (Wildman–Crippen LogP) is 4.93. The molecule has 6 heteroatoms. The second kappa shape index (κ2) is 7.19. The second-order valence-corrected chi connectivity index (χ2v) is 5.56. The summed E-state index contributed by atoms with van der Waals surface area (Å²) in [5.74, 6) is 2.08. The summed E-state index contributed by atoms with van der Waals surface area (Å²) in [6.07, 6.45) is 1.50. The van der Waals surface area contributed by atoms with Gasteiger partial charge in [-0.2, -0.15) is 0 Å². The topological polar surface area (TPSA) is 59.1 Å². The molecule has 0 atom stereocenters. The van der Waals surface area contributed by atoms with Gasteiger partial charge in [0.15, 0.2) is 0 Å². The average molecular weight is 341 g/mol. The molecule has 0 spiro atoms. The maximum atomic E-state index is 6.15. The average Bonchev–Trinajstić information content (AvgIpc) is 2.60. The smallest absolute Gasteiger partial charge is 0.142 e. The lowest BCUT2D eigenvalue weighted by atomic mass is 10.2. The molecular weight excluding hydrogens is 324 g/mol. The normalized spacial score (nSPS) is 10.3. The third-order valence-electron chi connectivity index (χ3n) is 3.57. The number of nitrogens with one attached hydrogen (secondary N) is 2. The highest BCUT2D eigenvalue weighted by atomic mass is 35.5. The summed E-state index contributed by atoms with van der Waals surface area (Å²) in [5, 5.41) is 7.20. The van der Waals surface area contributed by atoms with Crippen molar-refractivity contribution >= 4 is 34.6 Å². The molecular formula is C18H17ClN4O. The summed E-state index contributed by atoms with van der Waals surface area (Å²) >= 11 is 6.15. The first kappa shape index (κ1) is 16.1. The number of hydrogen-bond acceptors (Lipinski definition) is 5. The van der Waals surface area contributed by atoms with Crippen LogP contribution in [-0.2, 0) is 0 Å². The van der Waals surface area contributed by atoms with Gasteiger partial charge in [-0.1, -0.05) is 29.8 Å². The monoisotopic (exact) mass is 340 g/mol. The van der Waals surface area contributed by atoms with Crippen LogP contribution in [0.25, 0.3) is 0 Å². The molecule has 0 unspecified atom stereocenters. The molecule has 0 aliphatic carbocycles. The fourth-order valence-electron chi connectivity index (χ4n) is 2.26. The largest absolute Gasteiger partial charge is 0.495 e. The number of ether oxygens (including phenoxy) is 1. The zero-order valence-corrected chi connectivity index (χ0v) is 14.1. The Kier molecular flexibility index (Phi) is 4.82. The molecule has 0 saturated heterocycles. The van der Waals surface area contributed by atoms with E-state index in [0.717, 1.165) is 22.7 Å². The molecule has 122 valence electrons. The Hall–Kier alpha value is -2.79. The van der Waals surface area contributed by atoms with Crippen LogP contribution in [0.4, 0.5) is 23.0 Å². The highest BCUT2D eigenvalue weighted by Gasteiger charge is 2.06. The minimum absolute atomic E-state index is 0.664. The lowest BCUT2D eigenvalue weighted by molar-refractivity contribution is 0.417. The van der Waals surface area contributed by atoms with Crippen LogP contribution in [0.3, 0.4) is 0 Å². The van der Waals surface area contributed by atoms with Crippen molar-refractivity contribution in [1.82, 2.24) is 9.97 Å². The van der Waals surface area contributed by atoms with Gasteiger partial charge >= 0.3 is 0 Å². The number of para-hydroxylation sites is 2. The first-order chi connectivity index (χ1) is 11.7. The standard InChI is InChI=1S/C18H17ClN4O/c1-12-13(19)6-5-8-14(12)22-17-10-18(21-11-20-17)23-15-7-3-4-9-16(15)24-2/h3-11H,1-2H3,(H2,20,21,22,23). The molecule has 0 aliphatic heterocycles. The SMILES string of the molecule is COc1ccccc1Nc1cc(Nc2cccc(Cl)c2C)ncn1. The Morgan fingerprint density at radius 2 is 1.58 bits per heavy atom. The van der Waals surface area contributed by atoms with E-state index in [2.05, 4.69) is 20.6 Å². The van der Waals surface area contributed by atoms with E-state index in [1.54, 1.807) is 7.11 Å². The third-order valence-corrected chi connectivity index (χ3v) is 3.98. The van der Waals surface area contributed by atoms with Gasteiger partial charge in [-0.3, -0.25) is 0 Å². The van der Waals surface area contributed by atoms with E-state index in [-0.39, 0.29) is 0 Å². The molecule has 0 saturated carbocycles. The zero-order chi connectivity index (χ0) is 16.9. The summed E-state index contributed by atoms with van der Waals surface area (Å²) < 4.78 is 5.34. The molecule has 24 heavy (non-hydrogen) atoms. The fourth-order valence-corrected chi connectivity index (χ4v) is 2.44. The van der Waals surface area contributed by atoms with Gasteiger partial charge in [0.05, 0.1) is 12.8 Å². The Morgan fingerprint density at radius 3 is 2.33 bits per heavy atom. The Bertz CT molecular complexity index is 854. The highest BCUT2D eigenvalue weighted by Crippen LogP contribution is 2.28. The van der Waals surface area contributed by atoms with Crippen LogP contribution in [0.1, 0.15) is 5.56 Å². The molecule has 0 bridgehead atoms. The van der Waals surface area contributed by atoms with Gasteiger partial charge in [0.25, 0.3) is 0 Å². The molecule has 5 nitrogen and oxygen atoms in total. The van der Waals surface area contributed by atoms with Crippen molar-refractivity contribution < 1.29 is 4.74 Å². The van der Waals surface area contributed by atoms with E-state index in [9.17, 15) is 0 Å². The number of hydrogen-bond donors (Lipinski definition) is 2. The van der Waals surface area contributed by atoms with Gasteiger partial charge in [-0.25, -0.2) is 9.97 Å². The Labute approximate surface area is 145 Å². The summed E-state index contributed by atoms with van der Waals surface area (Å²) in [7, 11) is 1.63. The van der Waals surface area contributed by atoms with Crippen molar-refractivity contribution in [3.8, 4) is 5.75 Å². The third kappa shape index (κ3) is 3.58. The van der Waals surface area contributed by atoms with Crippen LogP contribution in [0.5, 0.6) is 5.75 Å². The molecule has 1 aromatic heterocycles. The van der Waals surface area contributed by atoms with Gasteiger partial charge in [0.2, 0.25) is 0 Å². The van der Waals surface area contributed by atoms with Crippen molar-refractivity contribution in [2.24, 2.45) is 0 Å². The Balaban J connectivity index is 1.83. The number of anilines is 4. The fraction of sp³-hybridized carbons (Fsp3) is 0.111. The van der Waals surface area contributed by atoms with E-state index in [0.29, 0.717) is 16.7 Å². The van der Waals surface area contributed by atoms with Crippen molar-refractivity contribution in [1.29, 1.82) is 0 Å². The maximum Gasteiger partial charge on any atom is 0.142 e. The summed E-state index contributed by atoms with van der Waals surface area (Å²) in [4.78, 5) is 8.50. The van der Waals surface area contributed by atoms with Crippen LogP contribution >= 0.6 is 11.6 Å². The van der Waals surface area contributed by atoms with E-state index < -0.39 is 0 Å². The molecule has 2 N–H and O–H groups in total. The zero-order valence-electron chi connectivity index (χ0n) is 13.4. The number of benzene rings is 2. The van der Waals surface area contributed by atoms with Gasteiger partial charge in [0.1, 0.15) is 23.7 Å². The molecule has 0 amide bonds. The summed E-state index contributed by atoms with van der Waals surface area (Å²) in [5.41, 5.74) is 2.71. The van der Waals surface area contributed by atoms with Crippen molar-refractivity contribution in [3.63, 3.8) is 0 Å². The number of nitrogens with zero attached hydrogens (tertiary/aromatic N) is 2. The van der Waals surface area contributed by atoms with Crippen molar-refractivity contribution in [2.75, 3.05) is 17.7 Å². The van der Waals surface area contributed by atoms with Crippen molar-refractivity contribution in [2.45, 2.75) is 6.92 Å². The lowest BCUT2D eigenvalue weighted by Crippen LogP contribution is -2.00. The quantitative estimate of drug-likeness (QED) is 0.689. The first-order valence-corrected chi connectivity index (χ1v) is 7.79. The molecule has 3 aromatic rings. The number of methoxy groups -OCH3 is 1. The Morgan fingerprint density at radius 1 is 0.917 bits per heavy atom. The van der Waals surface area contributed by atoms with Gasteiger partial charge in [-0.15, -0.1) is 0 Å².